The summed E-state index contributed by atoms with van der Waals surface area (Å²) in [5.41, 5.74) is 0.945. The molecule has 26 heavy (non-hydrogen) atoms. The highest BCUT2D eigenvalue weighted by Gasteiger charge is 2.22. The van der Waals surface area contributed by atoms with Gasteiger partial charge in [-0.05, 0) is 50.4 Å². The first-order valence-corrected chi connectivity index (χ1v) is 8.98. The Bertz CT molecular complexity index is 591. The molecule has 0 bridgehead atoms. The summed E-state index contributed by atoms with van der Waals surface area (Å²) in [6.07, 6.45) is 2.95. The Balaban J connectivity index is 2.49. The zero-order valence-corrected chi connectivity index (χ0v) is 15.7. The highest BCUT2D eigenvalue weighted by atomic mass is 16.5. The molecule has 146 valence electrons. The molecule has 0 aliphatic heterocycles. The quantitative estimate of drug-likeness (QED) is 0.422. The minimum absolute atomic E-state index is 0.0212. The van der Waals surface area contributed by atoms with E-state index < -0.39 is 12.0 Å². The van der Waals surface area contributed by atoms with E-state index in [1.54, 1.807) is 12.1 Å². The van der Waals surface area contributed by atoms with E-state index in [4.69, 9.17) is 9.84 Å². The van der Waals surface area contributed by atoms with E-state index in [0.29, 0.717) is 25.1 Å². The first-order valence-electron chi connectivity index (χ1n) is 8.98. The van der Waals surface area contributed by atoms with Crippen molar-refractivity contribution in [1.82, 2.24) is 10.6 Å². The number of carboxylic acids is 1. The largest absolute Gasteiger partial charge is 0.504 e. The number of amides is 1. The smallest absolute Gasteiger partial charge is 0.305 e. The van der Waals surface area contributed by atoms with Gasteiger partial charge in [0.1, 0.15) is 0 Å². The number of hydrogen-bond donors (Lipinski definition) is 4. The number of hydrogen-bond acceptors (Lipinski definition) is 5. The third-order valence-corrected chi connectivity index (χ3v) is 4.08. The van der Waals surface area contributed by atoms with Gasteiger partial charge in [0.15, 0.2) is 11.5 Å². The van der Waals surface area contributed by atoms with E-state index in [-0.39, 0.29) is 24.1 Å². The van der Waals surface area contributed by atoms with E-state index in [1.807, 2.05) is 19.9 Å². The summed E-state index contributed by atoms with van der Waals surface area (Å²) in [4.78, 5) is 23.3. The number of benzene rings is 1. The van der Waals surface area contributed by atoms with Gasteiger partial charge in [-0.25, -0.2) is 0 Å². The molecule has 0 fully saturated rings. The summed E-state index contributed by atoms with van der Waals surface area (Å²) in [5.74, 6) is -0.784. The van der Waals surface area contributed by atoms with E-state index in [2.05, 4.69) is 10.6 Å². The molecule has 0 unspecified atom stereocenters. The maximum atomic E-state index is 12.3. The molecule has 0 saturated heterocycles. The highest BCUT2D eigenvalue weighted by Crippen LogP contribution is 2.26. The number of rotatable bonds is 12. The maximum absolute atomic E-state index is 12.3. The Kier molecular flexibility index (Phi) is 9.51. The van der Waals surface area contributed by atoms with Crippen molar-refractivity contribution >= 4 is 11.9 Å². The first-order chi connectivity index (χ1) is 12.4. The van der Waals surface area contributed by atoms with Gasteiger partial charge >= 0.3 is 5.97 Å². The van der Waals surface area contributed by atoms with E-state index in [1.165, 1.54) is 7.11 Å². The minimum Gasteiger partial charge on any atom is -0.504 e. The topological polar surface area (TPSA) is 108 Å². The van der Waals surface area contributed by atoms with E-state index in [0.717, 1.165) is 18.4 Å². The van der Waals surface area contributed by atoms with Crippen LogP contribution in [-0.4, -0.2) is 47.8 Å². The zero-order valence-electron chi connectivity index (χ0n) is 15.7. The van der Waals surface area contributed by atoms with Gasteiger partial charge in [-0.1, -0.05) is 19.4 Å². The Labute approximate surface area is 154 Å². The SMILES string of the molecule is CCC[C@@H](C)NC(=O)[C@@H](CC(=O)O)NCCCc1ccc(OC)c(O)c1. The molecule has 1 amide bonds. The van der Waals surface area contributed by atoms with Gasteiger partial charge < -0.3 is 25.6 Å². The van der Waals surface area contributed by atoms with Gasteiger partial charge in [-0.15, -0.1) is 0 Å². The molecule has 2 atom stereocenters. The molecule has 1 aromatic carbocycles. The molecule has 1 rings (SSSR count). The highest BCUT2D eigenvalue weighted by molar-refractivity contribution is 5.86. The summed E-state index contributed by atoms with van der Waals surface area (Å²) >= 11 is 0. The molecule has 0 aliphatic carbocycles. The van der Waals surface area contributed by atoms with Gasteiger partial charge in [-0.3, -0.25) is 9.59 Å². The predicted molar refractivity (Wildman–Crippen MR) is 99.5 cm³/mol. The lowest BCUT2D eigenvalue weighted by molar-refractivity contribution is -0.140. The fourth-order valence-electron chi connectivity index (χ4n) is 2.74. The van der Waals surface area contributed by atoms with E-state index in [9.17, 15) is 14.7 Å². The Morgan fingerprint density at radius 3 is 2.62 bits per heavy atom. The number of aromatic hydroxyl groups is 1. The van der Waals surface area contributed by atoms with Crippen molar-refractivity contribution in [2.75, 3.05) is 13.7 Å². The van der Waals surface area contributed by atoms with Crippen molar-refractivity contribution in [3.63, 3.8) is 0 Å². The van der Waals surface area contributed by atoms with Gasteiger partial charge in [0.2, 0.25) is 5.91 Å². The fourth-order valence-corrected chi connectivity index (χ4v) is 2.74. The summed E-state index contributed by atoms with van der Waals surface area (Å²) < 4.78 is 5.01. The lowest BCUT2D eigenvalue weighted by Gasteiger charge is -2.20. The number of aliphatic carboxylic acids is 1. The van der Waals surface area contributed by atoms with Crippen LogP contribution in [0.1, 0.15) is 45.1 Å². The average Bonchev–Trinajstić information content (AvgIpc) is 2.57. The Morgan fingerprint density at radius 1 is 1.31 bits per heavy atom. The van der Waals surface area contributed by atoms with Crippen LogP contribution in [0.5, 0.6) is 11.5 Å². The summed E-state index contributed by atoms with van der Waals surface area (Å²) in [5, 5.41) is 24.7. The average molecular weight is 366 g/mol. The summed E-state index contributed by atoms with van der Waals surface area (Å²) in [7, 11) is 1.49. The fraction of sp³-hybridized carbons (Fsp3) is 0.579. The molecule has 7 nitrogen and oxygen atoms in total. The van der Waals surface area contributed by atoms with Crippen LogP contribution in [0.2, 0.25) is 0 Å². The first kappa shape index (κ1) is 21.8. The number of nitrogens with one attached hydrogen (secondary N) is 2. The molecule has 0 heterocycles. The number of phenols is 1. The molecule has 0 saturated carbocycles. The van der Waals surface area contributed by atoms with Crippen LogP contribution in [0, 0.1) is 0 Å². The minimum atomic E-state index is -1.01. The van der Waals surface area contributed by atoms with Crippen LogP contribution >= 0.6 is 0 Å². The molecule has 0 aromatic heterocycles. The van der Waals surface area contributed by atoms with Crippen molar-refractivity contribution < 1.29 is 24.5 Å². The number of carbonyl (C=O) groups excluding carboxylic acids is 1. The molecular weight excluding hydrogens is 336 g/mol. The van der Waals surface area contributed by atoms with E-state index >= 15 is 0 Å². The van der Waals surface area contributed by atoms with Crippen molar-refractivity contribution in [2.24, 2.45) is 0 Å². The molecular formula is C19H30N2O5. The number of methoxy groups -OCH3 is 1. The van der Waals surface area contributed by atoms with Gasteiger partial charge in [0.05, 0.1) is 19.6 Å². The normalized spacial score (nSPS) is 13.0. The monoisotopic (exact) mass is 366 g/mol. The summed E-state index contributed by atoms with van der Waals surface area (Å²) in [6.45, 7) is 4.45. The predicted octanol–water partition coefficient (Wildman–Crippen LogP) is 2.07. The van der Waals surface area contributed by atoms with Crippen LogP contribution in [-0.2, 0) is 16.0 Å². The third kappa shape index (κ3) is 7.74. The Hall–Kier alpha value is -2.28. The third-order valence-electron chi connectivity index (χ3n) is 4.08. The lowest BCUT2D eigenvalue weighted by Crippen LogP contribution is -2.48. The summed E-state index contributed by atoms with van der Waals surface area (Å²) in [6, 6.07) is 4.48. The number of carboxylic acid groups (broad SMARTS) is 1. The van der Waals surface area contributed by atoms with Crippen molar-refractivity contribution in [3.8, 4) is 11.5 Å². The molecule has 7 heteroatoms. The number of aryl methyl sites for hydroxylation is 1. The molecule has 0 aliphatic rings. The second-order valence-electron chi connectivity index (χ2n) is 6.41. The number of ether oxygens (including phenoxy) is 1. The van der Waals surface area contributed by atoms with Crippen LogP contribution < -0.4 is 15.4 Å². The van der Waals surface area contributed by atoms with Crippen LogP contribution in [0.25, 0.3) is 0 Å². The van der Waals surface area contributed by atoms with Crippen molar-refractivity contribution in [3.05, 3.63) is 23.8 Å². The maximum Gasteiger partial charge on any atom is 0.305 e. The molecule has 1 aromatic rings. The second kappa shape index (κ2) is 11.4. The Morgan fingerprint density at radius 2 is 2.04 bits per heavy atom. The lowest BCUT2D eigenvalue weighted by atomic mass is 10.1. The van der Waals surface area contributed by atoms with Crippen LogP contribution in [0.4, 0.5) is 0 Å². The van der Waals surface area contributed by atoms with Crippen LogP contribution in [0.15, 0.2) is 18.2 Å². The van der Waals surface area contributed by atoms with Gasteiger partial charge in [-0.2, -0.15) is 0 Å². The van der Waals surface area contributed by atoms with Crippen molar-refractivity contribution in [2.45, 2.75) is 58.0 Å². The van der Waals surface area contributed by atoms with Gasteiger partial charge in [0, 0.05) is 6.04 Å². The van der Waals surface area contributed by atoms with Crippen molar-refractivity contribution in [1.29, 1.82) is 0 Å². The standard InChI is InChI=1S/C19H30N2O5/c1-4-6-13(2)21-19(25)15(12-18(23)24)20-10-5-7-14-8-9-17(26-3)16(22)11-14/h8-9,11,13,15,20,22H,4-7,10,12H2,1-3H3,(H,21,25)(H,23,24)/t13-,15-/m1/s1. The van der Waals surface area contributed by atoms with Crippen LogP contribution in [0.3, 0.4) is 0 Å². The number of carbonyl (C=O) groups is 2. The zero-order chi connectivity index (χ0) is 19.5. The van der Waals surface area contributed by atoms with Gasteiger partial charge in [0.25, 0.3) is 0 Å². The molecule has 0 spiro atoms. The number of phenolic OH excluding ortho intramolecular Hbond substituents is 1. The second-order valence-corrected chi connectivity index (χ2v) is 6.41. The molecule has 0 radical (unpaired) electrons. The molecule has 4 N–H and O–H groups in total.